The molecule has 58 valence electrons. The van der Waals surface area contributed by atoms with Gasteiger partial charge in [0.1, 0.15) is 0 Å². The van der Waals surface area contributed by atoms with Gasteiger partial charge in [0.2, 0.25) is 5.91 Å². The maximum absolute atomic E-state index is 11.0. The average molecular weight is 149 g/mol. The van der Waals surface area contributed by atoms with E-state index in [1.807, 2.05) is 0 Å². The number of carbonyl (C=O) groups is 1. The molecule has 0 aromatic heterocycles. The van der Waals surface area contributed by atoms with Gasteiger partial charge in [-0.15, -0.1) is 0 Å². The van der Waals surface area contributed by atoms with E-state index in [0.717, 1.165) is 12.1 Å². The quantitative estimate of drug-likeness (QED) is 0.553. The molecule has 0 fully saturated rings. The molecular weight excluding hydrogens is 138 g/mol. The van der Waals surface area contributed by atoms with Gasteiger partial charge in [-0.3, -0.25) is 4.79 Å². The summed E-state index contributed by atoms with van der Waals surface area (Å²) in [5.41, 5.74) is 2.34. The van der Waals surface area contributed by atoms with Crippen molar-refractivity contribution in [3.8, 4) is 0 Å². The zero-order chi connectivity index (χ0) is 7.84. The monoisotopic (exact) mass is 149 g/mol. The first-order valence-electron chi connectivity index (χ1n) is 3.97. The van der Waals surface area contributed by atoms with Crippen molar-refractivity contribution in [3.63, 3.8) is 0 Å². The first-order valence-corrected chi connectivity index (χ1v) is 3.97. The van der Waals surface area contributed by atoms with Crippen LogP contribution in [0, 0.1) is 5.92 Å². The Labute approximate surface area is 66.0 Å². The molecule has 1 aliphatic carbocycles. The van der Waals surface area contributed by atoms with Crippen LogP contribution in [0.2, 0.25) is 0 Å². The molecule has 2 nitrogen and oxygen atoms in total. The molecule has 0 radical (unpaired) electrons. The Kier molecular flexibility index (Phi) is 1.34. The first kappa shape index (κ1) is 6.65. The van der Waals surface area contributed by atoms with Gasteiger partial charge in [0.25, 0.3) is 0 Å². The second kappa shape index (κ2) is 2.22. The molecule has 1 atom stereocenters. The van der Waals surface area contributed by atoms with Crippen LogP contribution in [0.4, 0.5) is 0 Å². The molecule has 2 aliphatic rings. The Bertz CT molecular complexity index is 263. The van der Waals surface area contributed by atoms with Crippen molar-refractivity contribution in [1.29, 1.82) is 0 Å². The first-order chi connectivity index (χ1) is 5.27. The third-order valence-corrected chi connectivity index (χ3v) is 2.27. The summed E-state index contributed by atoms with van der Waals surface area (Å²) >= 11 is 0. The van der Waals surface area contributed by atoms with E-state index in [-0.39, 0.29) is 5.91 Å². The minimum absolute atomic E-state index is 0.147. The molecule has 2 rings (SSSR count). The highest BCUT2D eigenvalue weighted by Crippen LogP contribution is 2.28. The molecule has 1 N–H and O–H groups in total. The van der Waals surface area contributed by atoms with Crippen LogP contribution >= 0.6 is 0 Å². The van der Waals surface area contributed by atoms with Crippen molar-refractivity contribution in [2.45, 2.75) is 19.8 Å². The molecule has 0 bridgehead atoms. The lowest BCUT2D eigenvalue weighted by Gasteiger charge is -2.15. The van der Waals surface area contributed by atoms with Crippen LogP contribution in [0.25, 0.3) is 0 Å². The molecule has 0 saturated carbocycles. The zero-order valence-electron chi connectivity index (χ0n) is 6.55. The van der Waals surface area contributed by atoms with Crippen LogP contribution in [0.3, 0.4) is 0 Å². The lowest BCUT2D eigenvalue weighted by atomic mass is 9.95. The summed E-state index contributed by atoms with van der Waals surface area (Å²) in [5, 5.41) is 2.90. The zero-order valence-corrected chi connectivity index (χ0v) is 6.55. The topological polar surface area (TPSA) is 29.1 Å². The number of carbonyl (C=O) groups excluding carboxylic acids is 1. The maximum atomic E-state index is 11.0. The van der Waals surface area contributed by atoms with Gasteiger partial charge in [-0.25, -0.2) is 0 Å². The summed E-state index contributed by atoms with van der Waals surface area (Å²) in [6, 6.07) is 0. The van der Waals surface area contributed by atoms with E-state index in [4.69, 9.17) is 0 Å². The third kappa shape index (κ3) is 0.985. The number of allylic oxidation sites excluding steroid dienone is 3. The second-order valence-electron chi connectivity index (χ2n) is 3.20. The predicted octanol–water partition coefficient (Wildman–Crippen LogP) is 1.36. The van der Waals surface area contributed by atoms with Gasteiger partial charge < -0.3 is 5.32 Å². The average Bonchev–Trinajstić information content (AvgIpc) is 2.31. The highest BCUT2D eigenvalue weighted by molar-refractivity contribution is 5.85. The number of amides is 1. The fourth-order valence-electron chi connectivity index (χ4n) is 1.66. The van der Waals surface area contributed by atoms with Gasteiger partial charge in [0.15, 0.2) is 0 Å². The van der Waals surface area contributed by atoms with Crippen LogP contribution < -0.4 is 5.32 Å². The Morgan fingerprint density at radius 2 is 2.45 bits per heavy atom. The highest BCUT2D eigenvalue weighted by Gasteiger charge is 2.24. The molecule has 1 unspecified atom stereocenters. The summed E-state index contributed by atoms with van der Waals surface area (Å²) in [5.74, 6) is 0.648. The Morgan fingerprint density at radius 1 is 1.64 bits per heavy atom. The standard InChI is InChI=1S/C9H11NO/c1-6-3-2-4-7-5-8(11)10-9(6)7/h2,4,6H,3,5H2,1H3,(H,10,11). The van der Waals surface area contributed by atoms with Crippen LogP contribution in [-0.2, 0) is 4.79 Å². The van der Waals surface area contributed by atoms with Gasteiger partial charge in [0.05, 0.1) is 6.42 Å². The number of rotatable bonds is 0. The molecule has 0 spiro atoms. The fraction of sp³-hybridized carbons (Fsp3) is 0.444. The third-order valence-electron chi connectivity index (χ3n) is 2.27. The van der Waals surface area contributed by atoms with Gasteiger partial charge in [-0.1, -0.05) is 19.1 Å². The largest absolute Gasteiger partial charge is 0.329 e. The summed E-state index contributed by atoms with van der Waals surface area (Å²) < 4.78 is 0. The van der Waals surface area contributed by atoms with E-state index in [1.54, 1.807) is 0 Å². The molecule has 1 aliphatic heterocycles. The summed E-state index contributed by atoms with van der Waals surface area (Å²) in [4.78, 5) is 11.0. The second-order valence-corrected chi connectivity index (χ2v) is 3.20. The minimum Gasteiger partial charge on any atom is -0.329 e. The SMILES string of the molecule is CC1CC=CC2=C1NC(=O)C2. The van der Waals surface area contributed by atoms with E-state index in [1.165, 1.54) is 5.57 Å². The molecule has 1 heterocycles. The van der Waals surface area contributed by atoms with E-state index in [2.05, 4.69) is 24.4 Å². The normalized spacial score (nSPS) is 28.8. The molecule has 0 aromatic carbocycles. The number of hydrogen-bond donors (Lipinski definition) is 1. The van der Waals surface area contributed by atoms with Crippen molar-refractivity contribution in [2.75, 3.05) is 0 Å². The van der Waals surface area contributed by atoms with Crippen molar-refractivity contribution >= 4 is 5.91 Å². The van der Waals surface area contributed by atoms with Crippen LogP contribution in [0.5, 0.6) is 0 Å². The van der Waals surface area contributed by atoms with Crippen molar-refractivity contribution in [1.82, 2.24) is 5.32 Å². The summed E-state index contributed by atoms with van der Waals surface area (Å²) in [7, 11) is 0. The fourth-order valence-corrected chi connectivity index (χ4v) is 1.66. The Morgan fingerprint density at radius 3 is 3.18 bits per heavy atom. The Balaban J connectivity index is 2.32. The summed E-state index contributed by atoms with van der Waals surface area (Å²) in [6.07, 6.45) is 5.84. The van der Waals surface area contributed by atoms with Gasteiger partial charge >= 0.3 is 0 Å². The lowest BCUT2D eigenvalue weighted by molar-refractivity contribution is -0.118. The van der Waals surface area contributed by atoms with Crippen molar-refractivity contribution in [3.05, 3.63) is 23.4 Å². The van der Waals surface area contributed by atoms with E-state index >= 15 is 0 Å². The number of hydrogen-bond acceptors (Lipinski definition) is 1. The van der Waals surface area contributed by atoms with Gasteiger partial charge in [0, 0.05) is 5.70 Å². The van der Waals surface area contributed by atoms with Crippen LogP contribution in [0.1, 0.15) is 19.8 Å². The van der Waals surface area contributed by atoms with Crippen molar-refractivity contribution in [2.24, 2.45) is 5.92 Å². The predicted molar refractivity (Wildman–Crippen MR) is 42.7 cm³/mol. The van der Waals surface area contributed by atoms with Crippen LogP contribution in [0.15, 0.2) is 23.4 Å². The van der Waals surface area contributed by atoms with Crippen molar-refractivity contribution < 1.29 is 4.79 Å². The Hall–Kier alpha value is -1.05. The molecule has 11 heavy (non-hydrogen) atoms. The smallest absolute Gasteiger partial charge is 0.228 e. The van der Waals surface area contributed by atoms with E-state index < -0.39 is 0 Å². The van der Waals surface area contributed by atoms with Gasteiger partial charge in [-0.05, 0) is 17.9 Å². The maximum Gasteiger partial charge on any atom is 0.228 e. The lowest BCUT2D eigenvalue weighted by Crippen LogP contribution is -2.19. The molecule has 0 saturated heterocycles. The van der Waals surface area contributed by atoms with E-state index in [0.29, 0.717) is 12.3 Å². The summed E-state index contributed by atoms with van der Waals surface area (Å²) in [6.45, 7) is 2.14. The minimum atomic E-state index is 0.147. The van der Waals surface area contributed by atoms with Crippen LogP contribution in [-0.4, -0.2) is 5.91 Å². The van der Waals surface area contributed by atoms with E-state index in [9.17, 15) is 4.79 Å². The molecule has 1 amide bonds. The highest BCUT2D eigenvalue weighted by atomic mass is 16.1. The van der Waals surface area contributed by atoms with Gasteiger partial charge in [-0.2, -0.15) is 0 Å². The molecule has 0 aromatic rings. The molecular formula is C9H11NO. The molecule has 2 heteroatoms. The number of nitrogens with one attached hydrogen (secondary N) is 1.